The highest BCUT2D eigenvalue weighted by Gasteiger charge is 2.27. The first-order valence-corrected chi connectivity index (χ1v) is 5.46. The molecule has 0 radical (unpaired) electrons. The summed E-state index contributed by atoms with van der Waals surface area (Å²) in [7, 11) is 0. The van der Waals surface area contributed by atoms with E-state index in [0.29, 0.717) is 5.92 Å². The van der Waals surface area contributed by atoms with Crippen molar-refractivity contribution >= 4 is 17.4 Å². The van der Waals surface area contributed by atoms with Crippen molar-refractivity contribution in [2.24, 2.45) is 11.8 Å². The van der Waals surface area contributed by atoms with Crippen LogP contribution in [0.5, 0.6) is 0 Å². The zero-order valence-electron chi connectivity index (χ0n) is 8.50. The highest BCUT2D eigenvalue weighted by molar-refractivity contribution is 6.28. The normalized spacial score (nSPS) is 17.5. The Morgan fingerprint density at radius 1 is 1.67 bits per heavy atom. The highest BCUT2D eigenvalue weighted by Crippen LogP contribution is 2.36. The van der Waals surface area contributed by atoms with Gasteiger partial charge in [0.25, 0.3) is 0 Å². The molecule has 2 rings (SSSR count). The Morgan fingerprint density at radius 3 is 3.07 bits per heavy atom. The minimum Gasteiger partial charge on any atom is -0.367 e. The predicted molar refractivity (Wildman–Crippen MR) is 57.4 cm³/mol. The van der Waals surface area contributed by atoms with Gasteiger partial charge >= 0.3 is 0 Å². The van der Waals surface area contributed by atoms with Crippen LogP contribution in [-0.2, 0) is 0 Å². The molecule has 0 aliphatic heterocycles. The van der Waals surface area contributed by atoms with E-state index in [2.05, 4.69) is 22.2 Å². The third-order valence-electron chi connectivity index (χ3n) is 2.73. The van der Waals surface area contributed by atoms with Crippen molar-refractivity contribution < 1.29 is 4.39 Å². The fraction of sp³-hybridized carbons (Fsp3) is 0.600. The number of halogens is 2. The smallest absolute Gasteiger partial charge is 0.224 e. The lowest BCUT2D eigenvalue weighted by molar-refractivity contribution is 0.532. The molecule has 0 spiro atoms. The molecule has 5 heteroatoms. The second-order valence-electron chi connectivity index (χ2n) is 4.03. The molecule has 1 N–H and O–H groups in total. The predicted octanol–water partition coefficient (Wildman–Crippen LogP) is 2.73. The molecule has 1 aliphatic rings. The van der Waals surface area contributed by atoms with Gasteiger partial charge < -0.3 is 5.32 Å². The van der Waals surface area contributed by atoms with E-state index in [1.807, 2.05) is 0 Å². The van der Waals surface area contributed by atoms with E-state index in [1.165, 1.54) is 12.8 Å². The third-order valence-corrected chi connectivity index (χ3v) is 2.92. The third kappa shape index (κ3) is 2.78. The summed E-state index contributed by atoms with van der Waals surface area (Å²) in [5.41, 5.74) is 0. The lowest BCUT2D eigenvalue weighted by Gasteiger charge is -2.12. The summed E-state index contributed by atoms with van der Waals surface area (Å²) in [5.74, 6) is 1.08. The first-order chi connectivity index (χ1) is 7.16. The molecular formula is C10H13ClFN3. The minimum absolute atomic E-state index is 0.0676. The lowest BCUT2D eigenvalue weighted by atomic mass is 10.1. The van der Waals surface area contributed by atoms with Crippen molar-refractivity contribution in [3.63, 3.8) is 0 Å². The Hall–Kier alpha value is -0.900. The SMILES string of the molecule is CC(CNc1nc(Cl)ncc1F)C1CC1. The molecule has 82 valence electrons. The zero-order valence-corrected chi connectivity index (χ0v) is 9.26. The van der Waals surface area contributed by atoms with E-state index in [4.69, 9.17) is 11.6 Å². The number of anilines is 1. The zero-order chi connectivity index (χ0) is 10.8. The van der Waals surface area contributed by atoms with Gasteiger partial charge in [0, 0.05) is 6.54 Å². The van der Waals surface area contributed by atoms with Gasteiger partial charge in [0.1, 0.15) is 0 Å². The van der Waals surface area contributed by atoms with Crippen molar-refractivity contribution in [2.45, 2.75) is 19.8 Å². The summed E-state index contributed by atoms with van der Waals surface area (Å²) >= 11 is 5.58. The van der Waals surface area contributed by atoms with Gasteiger partial charge in [-0.2, -0.15) is 4.98 Å². The number of nitrogens with one attached hydrogen (secondary N) is 1. The van der Waals surface area contributed by atoms with Crippen LogP contribution in [0, 0.1) is 17.7 Å². The van der Waals surface area contributed by atoms with E-state index >= 15 is 0 Å². The lowest BCUT2D eigenvalue weighted by Crippen LogP contribution is -2.14. The average Bonchev–Trinajstić information content (AvgIpc) is 3.02. The van der Waals surface area contributed by atoms with Crippen LogP contribution in [-0.4, -0.2) is 16.5 Å². The first kappa shape index (κ1) is 10.6. The molecule has 1 aromatic rings. The summed E-state index contributed by atoms with van der Waals surface area (Å²) in [4.78, 5) is 7.35. The van der Waals surface area contributed by atoms with Crippen LogP contribution in [0.2, 0.25) is 5.28 Å². The largest absolute Gasteiger partial charge is 0.367 e. The fourth-order valence-corrected chi connectivity index (χ4v) is 1.69. The minimum atomic E-state index is -0.456. The second kappa shape index (κ2) is 4.31. The average molecular weight is 230 g/mol. The first-order valence-electron chi connectivity index (χ1n) is 5.08. The summed E-state index contributed by atoms with van der Waals surface area (Å²) in [6.45, 7) is 2.89. The summed E-state index contributed by atoms with van der Waals surface area (Å²) < 4.78 is 13.2. The molecule has 1 heterocycles. The number of aromatic nitrogens is 2. The molecule has 0 amide bonds. The maximum Gasteiger partial charge on any atom is 0.224 e. The van der Waals surface area contributed by atoms with Crippen LogP contribution >= 0.6 is 11.6 Å². The van der Waals surface area contributed by atoms with Crippen molar-refractivity contribution in [2.75, 3.05) is 11.9 Å². The van der Waals surface area contributed by atoms with Gasteiger partial charge in [0.2, 0.25) is 5.28 Å². The van der Waals surface area contributed by atoms with Crippen molar-refractivity contribution in [3.05, 3.63) is 17.3 Å². The standard InChI is InChI=1S/C10H13ClFN3/c1-6(7-2-3-7)4-13-9-8(12)5-14-10(11)15-9/h5-7H,2-4H2,1H3,(H,13,14,15). The van der Waals surface area contributed by atoms with E-state index in [-0.39, 0.29) is 11.1 Å². The molecule has 15 heavy (non-hydrogen) atoms. The van der Waals surface area contributed by atoms with Gasteiger partial charge in [-0.15, -0.1) is 0 Å². The van der Waals surface area contributed by atoms with Gasteiger partial charge in [0.15, 0.2) is 11.6 Å². The number of hydrogen-bond acceptors (Lipinski definition) is 3. The van der Waals surface area contributed by atoms with Crippen LogP contribution in [0.25, 0.3) is 0 Å². The molecule has 0 aromatic carbocycles. The summed E-state index contributed by atoms with van der Waals surface area (Å²) in [6.07, 6.45) is 3.66. The molecule has 0 saturated heterocycles. The maximum atomic E-state index is 13.2. The van der Waals surface area contributed by atoms with Crippen molar-refractivity contribution in [1.82, 2.24) is 9.97 Å². The van der Waals surface area contributed by atoms with E-state index in [9.17, 15) is 4.39 Å². The van der Waals surface area contributed by atoms with Gasteiger partial charge in [-0.05, 0) is 36.3 Å². The molecular weight excluding hydrogens is 217 g/mol. The van der Waals surface area contributed by atoms with Gasteiger partial charge in [0.05, 0.1) is 6.20 Å². The Bertz CT molecular complexity index is 355. The molecule has 1 atom stereocenters. The molecule has 1 unspecified atom stereocenters. The van der Waals surface area contributed by atoms with Gasteiger partial charge in [-0.3, -0.25) is 0 Å². The highest BCUT2D eigenvalue weighted by atomic mass is 35.5. The molecule has 1 saturated carbocycles. The van der Waals surface area contributed by atoms with E-state index in [0.717, 1.165) is 18.7 Å². The quantitative estimate of drug-likeness (QED) is 0.807. The van der Waals surface area contributed by atoms with Crippen LogP contribution in [0.4, 0.5) is 10.2 Å². The van der Waals surface area contributed by atoms with E-state index in [1.54, 1.807) is 0 Å². The topological polar surface area (TPSA) is 37.8 Å². The van der Waals surface area contributed by atoms with Gasteiger partial charge in [-0.25, -0.2) is 9.37 Å². The Labute approximate surface area is 93.1 Å². The molecule has 1 aromatic heterocycles. The summed E-state index contributed by atoms with van der Waals surface area (Å²) in [5, 5.41) is 3.03. The molecule has 0 bridgehead atoms. The number of hydrogen-bond donors (Lipinski definition) is 1. The van der Waals surface area contributed by atoms with Crippen LogP contribution in [0.15, 0.2) is 6.20 Å². The van der Waals surface area contributed by atoms with Crippen LogP contribution in [0.1, 0.15) is 19.8 Å². The Kier molecular flexibility index (Phi) is 3.05. The molecule has 1 aliphatic carbocycles. The Morgan fingerprint density at radius 2 is 2.40 bits per heavy atom. The van der Waals surface area contributed by atoms with Crippen LogP contribution < -0.4 is 5.32 Å². The van der Waals surface area contributed by atoms with Crippen LogP contribution in [0.3, 0.4) is 0 Å². The van der Waals surface area contributed by atoms with E-state index < -0.39 is 5.82 Å². The summed E-state index contributed by atoms with van der Waals surface area (Å²) in [6, 6.07) is 0. The van der Waals surface area contributed by atoms with Crippen molar-refractivity contribution in [3.8, 4) is 0 Å². The maximum absolute atomic E-state index is 13.2. The number of rotatable bonds is 4. The van der Waals surface area contributed by atoms with Crippen molar-refractivity contribution in [1.29, 1.82) is 0 Å². The second-order valence-corrected chi connectivity index (χ2v) is 4.37. The Balaban J connectivity index is 1.94. The molecule has 1 fully saturated rings. The number of nitrogens with zero attached hydrogens (tertiary/aromatic N) is 2. The fourth-order valence-electron chi connectivity index (χ4n) is 1.56. The monoisotopic (exact) mass is 229 g/mol. The molecule has 3 nitrogen and oxygen atoms in total. The van der Waals surface area contributed by atoms with Gasteiger partial charge in [-0.1, -0.05) is 6.92 Å².